The van der Waals surface area contributed by atoms with Crippen LogP contribution >= 0.6 is 11.3 Å². The average molecular weight is 569 g/mol. The summed E-state index contributed by atoms with van der Waals surface area (Å²) in [6, 6.07) is 49.4. The molecule has 9 aromatic rings. The maximum Gasteiger partial charge on any atom is 0.137 e. The van der Waals surface area contributed by atoms with Crippen molar-refractivity contribution in [2.75, 3.05) is 4.90 Å². The SMILES string of the molecule is c1ccc(-c2ccc(N(c3ccc4c(c3)oc3ccccc34)c3cccc4c3sc3c5cccnc5ccc43)cc2)cc1. The number of benzene rings is 6. The average Bonchev–Trinajstić information content (AvgIpc) is 3.64. The van der Waals surface area contributed by atoms with Crippen LogP contribution in [0.25, 0.3) is 64.1 Å². The van der Waals surface area contributed by atoms with Crippen molar-refractivity contribution in [1.82, 2.24) is 4.98 Å². The molecule has 0 saturated heterocycles. The third kappa shape index (κ3) is 3.84. The molecule has 0 amide bonds. The summed E-state index contributed by atoms with van der Waals surface area (Å²) < 4.78 is 8.85. The number of aromatic nitrogens is 1. The van der Waals surface area contributed by atoms with E-state index in [9.17, 15) is 0 Å². The lowest BCUT2D eigenvalue weighted by Crippen LogP contribution is -2.10. The van der Waals surface area contributed by atoms with Crippen LogP contribution in [0.2, 0.25) is 0 Å². The summed E-state index contributed by atoms with van der Waals surface area (Å²) in [6.07, 6.45) is 1.86. The predicted octanol–water partition coefficient (Wildman–Crippen LogP) is 11.6. The second kappa shape index (κ2) is 9.55. The molecule has 0 radical (unpaired) electrons. The van der Waals surface area contributed by atoms with Gasteiger partial charge < -0.3 is 9.32 Å². The molecule has 202 valence electrons. The number of pyridine rings is 1. The molecule has 0 fully saturated rings. The van der Waals surface area contributed by atoms with Gasteiger partial charge in [-0.1, -0.05) is 78.9 Å². The standard InChI is InChI=1S/C39H24N2OS/c1-2-8-25(9-3-1)26-15-17-27(18-16-26)41(28-19-20-30-29-10-4-5-14-36(29)42-37(30)24-28)35-13-6-11-31-32-21-22-34-33(12-7-23-40-34)38(32)43-39(31)35/h1-24H. The summed E-state index contributed by atoms with van der Waals surface area (Å²) in [5, 5.41) is 5.95. The molecule has 0 atom stereocenters. The molecule has 0 bridgehead atoms. The number of anilines is 3. The molecule has 3 nitrogen and oxygen atoms in total. The number of furan rings is 1. The Kier molecular flexibility index (Phi) is 5.37. The number of hydrogen-bond acceptors (Lipinski definition) is 4. The van der Waals surface area contributed by atoms with Gasteiger partial charge in [0.25, 0.3) is 0 Å². The number of thiophene rings is 1. The van der Waals surface area contributed by atoms with Crippen LogP contribution in [0.5, 0.6) is 0 Å². The molecule has 0 spiro atoms. The molecule has 3 heterocycles. The van der Waals surface area contributed by atoms with Crippen LogP contribution in [0.4, 0.5) is 17.1 Å². The molecule has 0 aliphatic heterocycles. The van der Waals surface area contributed by atoms with Gasteiger partial charge in [-0.2, -0.15) is 0 Å². The Labute approximate surface area is 251 Å². The van der Waals surface area contributed by atoms with Gasteiger partial charge in [-0.05, 0) is 65.7 Å². The van der Waals surface area contributed by atoms with Crippen LogP contribution in [0.15, 0.2) is 150 Å². The van der Waals surface area contributed by atoms with E-state index < -0.39 is 0 Å². The van der Waals surface area contributed by atoms with Gasteiger partial charge in [-0.3, -0.25) is 4.98 Å². The van der Waals surface area contributed by atoms with Gasteiger partial charge in [0.15, 0.2) is 0 Å². The Morgan fingerprint density at radius 1 is 0.488 bits per heavy atom. The lowest BCUT2D eigenvalue weighted by Gasteiger charge is -2.26. The van der Waals surface area contributed by atoms with Gasteiger partial charge in [0.1, 0.15) is 11.2 Å². The third-order valence-corrected chi connectivity index (χ3v) is 9.60. The Bertz CT molecular complexity index is 2460. The first kappa shape index (κ1) is 24.2. The molecule has 0 aliphatic carbocycles. The van der Waals surface area contributed by atoms with Crippen molar-refractivity contribution >= 4 is 81.4 Å². The Morgan fingerprint density at radius 2 is 1.19 bits per heavy atom. The maximum atomic E-state index is 6.34. The Morgan fingerprint density at radius 3 is 2.09 bits per heavy atom. The highest BCUT2D eigenvalue weighted by atomic mass is 32.1. The number of rotatable bonds is 4. The first-order valence-corrected chi connectivity index (χ1v) is 15.2. The van der Waals surface area contributed by atoms with Crippen LogP contribution in [0, 0.1) is 0 Å². The highest BCUT2D eigenvalue weighted by molar-refractivity contribution is 7.27. The second-order valence-corrected chi connectivity index (χ2v) is 11.8. The summed E-state index contributed by atoms with van der Waals surface area (Å²) in [5.41, 5.74) is 8.48. The smallest absolute Gasteiger partial charge is 0.137 e. The fourth-order valence-corrected chi connectivity index (χ4v) is 7.61. The van der Waals surface area contributed by atoms with E-state index in [0.717, 1.165) is 44.5 Å². The van der Waals surface area contributed by atoms with Gasteiger partial charge >= 0.3 is 0 Å². The topological polar surface area (TPSA) is 29.3 Å². The van der Waals surface area contributed by atoms with Gasteiger partial charge in [-0.25, -0.2) is 0 Å². The summed E-state index contributed by atoms with van der Waals surface area (Å²) >= 11 is 1.84. The first-order chi connectivity index (χ1) is 21.3. The minimum atomic E-state index is 0.880. The van der Waals surface area contributed by atoms with Gasteiger partial charge in [0.05, 0.1) is 15.9 Å². The van der Waals surface area contributed by atoms with Crippen LogP contribution in [0.3, 0.4) is 0 Å². The maximum absolute atomic E-state index is 6.34. The summed E-state index contributed by atoms with van der Waals surface area (Å²) in [4.78, 5) is 6.98. The van der Waals surface area contributed by atoms with E-state index in [-0.39, 0.29) is 0 Å². The van der Waals surface area contributed by atoms with Crippen LogP contribution in [-0.4, -0.2) is 4.98 Å². The van der Waals surface area contributed by atoms with E-state index in [1.54, 1.807) is 0 Å². The highest BCUT2D eigenvalue weighted by Crippen LogP contribution is 2.47. The Hall–Kier alpha value is -5.45. The predicted molar refractivity (Wildman–Crippen MR) is 182 cm³/mol. The molecule has 0 N–H and O–H groups in total. The van der Waals surface area contributed by atoms with Crippen molar-refractivity contribution in [3.05, 3.63) is 146 Å². The molecule has 43 heavy (non-hydrogen) atoms. The molecule has 0 unspecified atom stereocenters. The van der Waals surface area contributed by atoms with E-state index in [4.69, 9.17) is 4.42 Å². The van der Waals surface area contributed by atoms with Crippen LogP contribution < -0.4 is 4.90 Å². The fraction of sp³-hybridized carbons (Fsp3) is 0. The van der Waals surface area contributed by atoms with E-state index in [1.165, 1.54) is 36.7 Å². The van der Waals surface area contributed by atoms with Crippen LogP contribution in [0.1, 0.15) is 0 Å². The summed E-state index contributed by atoms with van der Waals surface area (Å²) in [7, 11) is 0. The van der Waals surface area contributed by atoms with Crippen molar-refractivity contribution in [3.63, 3.8) is 0 Å². The van der Waals surface area contributed by atoms with Crippen molar-refractivity contribution in [2.45, 2.75) is 0 Å². The van der Waals surface area contributed by atoms with E-state index >= 15 is 0 Å². The fourth-order valence-electron chi connectivity index (χ4n) is 6.28. The monoisotopic (exact) mass is 568 g/mol. The zero-order valence-corrected chi connectivity index (χ0v) is 23.9. The molecule has 4 heteroatoms. The minimum Gasteiger partial charge on any atom is -0.456 e. The highest BCUT2D eigenvalue weighted by Gasteiger charge is 2.20. The molecule has 3 aromatic heterocycles. The van der Waals surface area contributed by atoms with Gasteiger partial charge in [-0.15, -0.1) is 11.3 Å². The molecular formula is C39H24N2OS. The number of nitrogens with zero attached hydrogens (tertiary/aromatic N) is 2. The third-order valence-electron chi connectivity index (χ3n) is 8.32. The van der Waals surface area contributed by atoms with Crippen molar-refractivity contribution in [3.8, 4) is 11.1 Å². The Balaban J connectivity index is 1.29. The number of hydrogen-bond donors (Lipinski definition) is 0. The molecule has 9 rings (SSSR count). The molecule has 0 aliphatic rings. The van der Waals surface area contributed by atoms with E-state index in [0.29, 0.717) is 0 Å². The molecule has 6 aromatic carbocycles. The van der Waals surface area contributed by atoms with Gasteiger partial charge in [0.2, 0.25) is 0 Å². The number of para-hydroxylation sites is 1. The minimum absolute atomic E-state index is 0.880. The lowest BCUT2D eigenvalue weighted by molar-refractivity contribution is 0.669. The normalized spacial score (nSPS) is 11.7. The second-order valence-electron chi connectivity index (χ2n) is 10.8. The zero-order chi connectivity index (χ0) is 28.3. The van der Waals surface area contributed by atoms with E-state index in [1.807, 2.05) is 35.7 Å². The summed E-state index contributed by atoms with van der Waals surface area (Å²) in [6.45, 7) is 0. The van der Waals surface area contributed by atoms with Gasteiger partial charge in [0, 0.05) is 55.3 Å². The van der Waals surface area contributed by atoms with E-state index in [2.05, 4.69) is 131 Å². The van der Waals surface area contributed by atoms with Crippen molar-refractivity contribution in [2.24, 2.45) is 0 Å². The summed E-state index contributed by atoms with van der Waals surface area (Å²) in [5.74, 6) is 0. The number of fused-ring (bicyclic) bond motifs is 8. The largest absolute Gasteiger partial charge is 0.456 e. The quantitative estimate of drug-likeness (QED) is 0.211. The molecule has 0 saturated carbocycles. The van der Waals surface area contributed by atoms with Crippen molar-refractivity contribution < 1.29 is 4.42 Å². The zero-order valence-electron chi connectivity index (χ0n) is 23.1. The lowest BCUT2D eigenvalue weighted by atomic mass is 10.0. The van der Waals surface area contributed by atoms with Crippen molar-refractivity contribution in [1.29, 1.82) is 0 Å². The van der Waals surface area contributed by atoms with Crippen LogP contribution in [-0.2, 0) is 0 Å². The molecular weight excluding hydrogens is 545 g/mol. The first-order valence-electron chi connectivity index (χ1n) is 14.4.